The number of hydrogen-bond acceptors (Lipinski definition) is 7. The van der Waals surface area contributed by atoms with Crippen molar-refractivity contribution in [3.8, 4) is 0 Å². The van der Waals surface area contributed by atoms with E-state index in [2.05, 4.69) is 20.8 Å². The molecule has 4 rings (SSSR count). The Balaban J connectivity index is 1.57. The largest absolute Gasteiger partial charge is 0.475 e. The van der Waals surface area contributed by atoms with E-state index in [1.165, 1.54) is 18.3 Å². The van der Waals surface area contributed by atoms with Gasteiger partial charge in [-0.15, -0.1) is 0 Å². The van der Waals surface area contributed by atoms with Crippen molar-refractivity contribution in [3.63, 3.8) is 0 Å². The van der Waals surface area contributed by atoms with Gasteiger partial charge in [0.2, 0.25) is 0 Å². The van der Waals surface area contributed by atoms with Crippen LogP contribution < -0.4 is 10.6 Å². The van der Waals surface area contributed by atoms with Gasteiger partial charge < -0.3 is 25.5 Å². The number of amides is 2. The van der Waals surface area contributed by atoms with Crippen LogP contribution in [0.2, 0.25) is 0 Å². The number of pyridine rings is 1. The number of nitrogens with one attached hydrogen (secondary N) is 2. The zero-order valence-corrected chi connectivity index (χ0v) is 21.5. The third kappa shape index (κ3) is 5.76. The van der Waals surface area contributed by atoms with Crippen LogP contribution in [0, 0.1) is 5.92 Å². The van der Waals surface area contributed by atoms with Crippen molar-refractivity contribution in [1.82, 2.24) is 15.6 Å². The van der Waals surface area contributed by atoms with Gasteiger partial charge in [0.25, 0.3) is 17.4 Å². The maximum absolute atomic E-state index is 16.0. The highest BCUT2D eigenvalue weighted by Crippen LogP contribution is 2.46. The Bertz CT molecular complexity index is 1370. The summed E-state index contributed by atoms with van der Waals surface area (Å²) in [5.74, 6) is -6.96. The van der Waals surface area contributed by atoms with E-state index in [0.29, 0.717) is 5.39 Å². The molecule has 204 valence electrons. The van der Waals surface area contributed by atoms with Crippen molar-refractivity contribution in [1.29, 1.82) is 0 Å². The van der Waals surface area contributed by atoms with Crippen molar-refractivity contribution < 1.29 is 33.3 Å². The summed E-state index contributed by atoms with van der Waals surface area (Å²) in [5.41, 5.74) is -3.15. The highest BCUT2D eigenvalue weighted by atomic mass is 19.3. The molecule has 2 heterocycles. The molecule has 0 spiro atoms. The topological polar surface area (TPSA) is 133 Å². The number of fused-ring (bicyclic) bond motifs is 1. The highest BCUT2D eigenvalue weighted by molar-refractivity contribution is 6.43. The summed E-state index contributed by atoms with van der Waals surface area (Å²) in [6.07, 6.45) is 0.963. The standard InChI is InChI=1S/C27H29BF2N4O5/c1-17(2)14-22(28(37)38)33-25(36)26(27(29,30)19-9-4-3-5-10-19)15-20(34-39-26)16-32-24(35)23-21-11-7-6-8-18(21)12-13-31-23/h3-13,17,22,37-38H,14-16H2,1-2H3,(H,32,35)(H,33,36)/t22-,26?/m0/s1. The third-order valence-electron chi connectivity index (χ3n) is 6.54. The molecule has 4 N–H and O–H groups in total. The fourth-order valence-corrected chi connectivity index (χ4v) is 4.52. The summed E-state index contributed by atoms with van der Waals surface area (Å²) in [6, 6.07) is 15.6. The SMILES string of the molecule is CC(C)C[C@H](NC(=O)C1(C(F)(F)c2ccccc2)CC(CNC(=O)c2nccc3ccccc23)=NO1)B(O)O. The van der Waals surface area contributed by atoms with Gasteiger partial charge in [0.05, 0.1) is 18.2 Å². The van der Waals surface area contributed by atoms with Gasteiger partial charge in [-0.2, -0.15) is 8.78 Å². The molecule has 12 heteroatoms. The molecular weight excluding hydrogens is 509 g/mol. The Morgan fingerprint density at radius 1 is 1.10 bits per heavy atom. The molecule has 1 unspecified atom stereocenters. The summed E-state index contributed by atoms with van der Waals surface area (Å²) in [7, 11) is -1.98. The van der Waals surface area contributed by atoms with Gasteiger partial charge in [0, 0.05) is 23.6 Å². The van der Waals surface area contributed by atoms with Gasteiger partial charge in [-0.3, -0.25) is 14.6 Å². The second-order valence-corrected chi connectivity index (χ2v) is 9.88. The molecule has 39 heavy (non-hydrogen) atoms. The molecule has 2 atom stereocenters. The Morgan fingerprint density at radius 3 is 2.49 bits per heavy atom. The number of halogens is 2. The van der Waals surface area contributed by atoms with E-state index in [0.717, 1.165) is 17.5 Å². The van der Waals surface area contributed by atoms with Crippen LogP contribution in [-0.4, -0.2) is 57.8 Å². The number of alkyl halides is 2. The molecule has 3 aromatic rings. The molecule has 0 aliphatic carbocycles. The van der Waals surface area contributed by atoms with E-state index >= 15 is 8.78 Å². The third-order valence-corrected chi connectivity index (χ3v) is 6.54. The second-order valence-electron chi connectivity index (χ2n) is 9.88. The molecule has 1 aromatic heterocycles. The molecule has 2 amide bonds. The van der Waals surface area contributed by atoms with Gasteiger partial charge in [-0.1, -0.05) is 73.6 Å². The van der Waals surface area contributed by atoms with Crippen LogP contribution in [0.1, 0.15) is 42.7 Å². The zero-order valence-electron chi connectivity index (χ0n) is 21.5. The van der Waals surface area contributed by atoms with E-state index in [-0.39, 0.29) is 30.3 Å². The summed E-state index contributed by atoms with van der Waals surface area (Å²) >= 11 is 0. The van der Waals surface area contributed by atoms with Gasteiger partial charge in [0.1, 0.15) is 5.69 Å². The molecule has 1 aliphatic rings. The minimum absolute atomic E-state index is 0.000649. The van der Waals surface area contributed by atoms with Crippen LogP contribution in [0.25, 0.3) is 10.8 Å². The molecule has 1 aliphatic heterocycles. The molecule has 2 aromatic carbocycles. The molecule has 9 nitrogen and oxygen atoms in total. The summed E-state index contributed by atoms with van der Waals surface area (Å²) in [4.78, 5) is 35.7. The van der Waals surface area contributed by atoms with Gasteiger partial charge in [-0.25, -0.2) is 0 Å². The monoisotopic (exact) mass is 538 g/mol. The molecule has 0 saturated carbocycles. The highest BCUT2D eigenvalue weighted by Gasteiger charge is 2.66. The van der Waals surface area contributed by atoms with Crippen LogP contribution in [0.3, 0.4) is 0 Å². The van der Waals surface area contributed by atoms with Crippen molar-refractivity contribution in [3.05, 3.63) is 78.1 Å². The van der Waals surface area contributed by atoms with Crippen LogP contribution in [0.4, 0.5) is 8.78 Å². The average Bonchev–Trinajstić information content (AvgIpc) is 3.37. The molecular formula is C27H29BF2N4O5. The number of nitrogens with zero attached hydrogens (tertiary/aromatic N) is 2. The van der Waals surface area contributed by atoms with E-state index in [9.17, 15) is 19.6 Å². The van der Waals surface area contributed by atoms with Crippen LogP contribution in [0.5, 0.6) is 0 Å². The smallest absolute Gasteiger partial charge is 0.426 e. The number of oxime groups is 1. The lowest BCUT2D eigenvalue weighted by atomic mass is 9.74. The van der Waals surface area contributed by atoms with Crippen molar-refractivity contribution >= 4 is 35.4 Å². The number of rotatable bonds is 10. The quantitative estimate of drug-likeness (QED) is 0.294. The fraction of sp³-hybridized carbons (Fsp3) is 0.333. The minimum atomic E-state index is -3.87. The van der Waals surface area contributed by atoms with Gasteiger partial charge in [0.15, 0.2) is 0 Å². The van der Waals surface area contributed by atoms with E-state index < -0.39 is 48.4 Å². The summed E-state index contributed by atoms with van der Waals surface area (Å²) in [6.45, 7) is 3.30. The maximum atomic E-state index is 16.0. The first kappa shape index (κ1) is 28.1. The van der Waals surface area contributed by atoms with Crippen molar-refractivity contribution in [2.75, 3.05) is 6.54 Å². The number of benzene rings is 2. The Morgan fingerprint density at radius 2 is 1.79 bits per heavy atom. The Labute approximate surface area is 224 Å². The number of carbonyl (C=O) groups excluding carboxylic acids is 2. The number of carbonyl (C=O) groups is 2. The maximum Gasteiger partial charge on any atom is 0.475 e. The first-order valence-electron chi connectivity index (χ1n) is 12.5. The number of hydrogen-bond donors (Lipinski definition) is 4. The average molecular weight is 538 g/mol. The minimum Gasteiger partial charge on any atom is -0.426 e. The number of aromatic nitrogens is 1. The predicted octanol–water partition coefficient (Wildman–Crippen LogP) is 2.81. The lowest BCUT2D eigenvalue weighted by Crippen LogP contribution is -2.61. The lowest BCUT2D eigenvalue weighted by molar-refractivity contribution is -0.207. The zero-order chi connectivity index (χ0) is 28.2. The van der Waals surface area contributed by atoms with Crippen LogP contribution in [0.15, 0.2) is 72.0 Å². The summed E-state index contributed by atoms with van der Waals surface area (Å²) < 4.78 is 32.0. The van der Waals surface area contributed by atoms with Crippen molar-refractivity contribution in [2.24, 2.45) is 11.1 Å². The molecule has 0 radical (unpaired) electrons. The van der Waals surface area contributed by atoms with E-state index in [4.69, 9.17) is 4.84 Å². The first-order valence-corrected chi connectivity index (χ1v) is 12.5. The van der Waals surface area contributed by atoms with Crippen LogP contribution in [-0.2, 0) is 15.6 Å². The Kier molecular flexibility index (Phi) is 8.26. The lowest BCUT2D eigenvalue weighted by Gasteiger charge is -2.35. The normalized spacial score (nSPS) is 17.9. The van der Waals surface area contributed by atoms with E-state index in [1.54, 1.807) is 38.1 Å². The molecule has 0 fully saturated rings. The first-order chi connectivity index (χ1) is 18.5. The van der Waals surface area contributed by atoms with Crippen molar-refractivity contribution in [2.45, 2.75) is 44.2 Å². The van der Waals surface area contributed by atoms with Gasteiger partial charge >= 0.3 is 13.0 Å². The van der Waals surface area contributed by atoms with Gasteiger partial charge in [-0.05, 0) is 23.8 Å². The molecule has 0 bridgehead atoms. The Hall–Kier alpha value is -3.90. The van der Waals surface area contributed by atoms with E-state index in [1.807, 2.05) is 12.1 Å². The van der Waals surface area contributed by atoms with Crippen LogP contribution >= 0.6 is 0 Å². The predicted molar refractivity (Wildman–Crippen MR) is 142 cm³/mol. The molecule has 0 saturated heterocycles. The fourth-order valence-electron chi connectivity index (χ4n) is 4.52. The second kappa shape index (κ2) is 11.5. The summed E-state index contributed by atoms with van der Waals surface area (Å²) in [5, 5.41) is 29.7.